The van der Waals surface area contributed by atoms with Crippen LogP contribution in [0, 0.1) is 0 Å². The molecule has 1 saturated heterocycles. The number of rotatable bonds is 4. The molecule has 1 aromatic heterocycles. The summed E-state index contributed by atoms with van der Waals surface area (Å²) in [5.74, 6) is -0.396. The smallest absolute Gasteiger partial charge is 0.301 e. The first-order chi connectivity index (χ1) is 17.8. The topological polar surface area (TPSA) is 89.0 Å². The molecule has 2 atom stereocenters. The van der Waals surface area contributed by atoms with Gasteiger partial charge in [-0.3, -0.25) is 14.5 Å². The number of carbonyl (C=O) groups is 2. The summed E-state index contributed by atoms with van der Waals surface area (Å²) in [7, 11) is 1.56. The molecule has 0 bridgehead atoms. The van der Waals surface area contributed by atoms with Gasteiger partial charge in [-0.05, 0) is 66.6 Å². The van der Waals surface area contributed by atoms with E-state index in [2.05, 4.69) is 4.98 Å². The number of ether oxygens (including phenoxy) is 2. The Morgan fingerprint density at radius 2 is 1.92 bits per heavy atom. The Balaban J connectivity index is 1.53. The van der Waals surface area contributed by atoms with E-state index in [1.54, 1.807) is 61.7 Å². The number of halogens is 1. The van der Waals surface area contributed by atoms with E-state index in [9.17, 15) is 14.7 Å². The highest BCUT2D eigenvalue weighted by Crippen LogP contribution is 2.45. The second kappa shape index (κ2) is 8.90. The van der Waals surface area contributed by atoms with Gasteiger partial charge in [-0.2, -0.15) is 0 Å². The Bertz CT molecular complexity index is 1610. The zero-order valence-electron chi connectivity index (χ0n) is 19.9. The molecule has 2 unspecified atom stereocenters. The molecular formula is C28H21ClN2O5S. The second-order valence-electron chi connectivity index (χ2n) is 9.01. The molecule has 0 spiro atoms. The van der Waals surface area contributed by atoms with Crippen LogP contribution in [0.25, 0.3) is 16.0 Å². The minimum Gasteiger partial charge on any atom is -0.507 e. The van der Waals surface area contributed by atoms with Crippen molar-refractivity contribution < 1.29 is 24.2 Å². The summed E-state index contributed by atoms with van der Waals surface area (Å²) in [4.78, 5) is 32.9. The fourth-order valence-electron chi connectivity index (χ4n) is 4.85. The van der Waals surface area contributed by atoms with E-state index in [-0.39, 0.29) is 17.4 Å². The van der Waals surface area contributed by atoms with Gasteiger partial charge in [0.25, 0.3) is 5.78 Å². The highest BCUT2D eigenvalue weighted by molar-refractivity contribution is 7.22. The van der Waals surface area contributed by atoms with Gasteiger partial charge in [0.05, 0.1) is 28.9 Å². The van der Waals surface area contributed by atoms with Crippen molar-refractivity contribution in [2.24, 2.45) is 0 Å². The highest BCUT2D eigenvalue weighted by Gasteiger charge is 2.48. The second-order valence-corrected chi connectivity index (χ2v) is 10.5. The van der Waals surface area contributed by atoms with Gasteiger partial charge in [-0.1, -0.05) is 35.1 Å². The number of benzene rings is 3. The van der Waals surface area contributed by atoms with Crippen LogP contribution in [0.1, 0.15) is 29.7 Å². The maximum absolute atomic E-state index is 13.5. The van der Waals surface area contributed by atoms with Crippen LogP contribution in [0.2, 0.25) is 5.02 Å². The molecule has 1 N–H and O–H groups in total. The van der Waals surface area contributed by atoms with E-state index in [1.807, 2.05) is 13.0 Å². The first kappa shape index (κ1) is 23.5. The van der Waals surface area contributed by atoms with Crippen LogP contribution in [0.4, 0.5) is 5.13 Å². The first-order valence-electron chi connectivity index (χ1n) is 11.6. The van der Waals surface area contributed by atoms with Gasteiger partial charge < -0.3 is 14.6 Å². The standard InChI is InChI=1S/C28H21ClN2O5S/c1-14-11-17-12-16(5-10-21(17)36-14)25(32)23-24(15-3-7-19(35-2)8-4-15)31(27(34)26(23)33)28-30-20-9-6-18(29)13-22(20)37-28/h3-10,12-14,24,32H,11H2,1-2H3. The monoisotopic (exact) mass is 532 g/mol. The normalized spacial score (nSPS) is 20.4. The van der Waals surface area contributed by atoms with Gasteiger partial charge in [0, 0.05) is 17.0 Å². The lowest BCUT2D eigenvalue weighted by Gasteiger charge is -2.23. The lowest BCUT2D eigenvalue weighted by Crippen LogP contribution is -2.29. The number of thiazole rings is 1. The predicted molar refractivity (Wildman–Crippen MR) is 143 cm³/mol. The SMILES string of the molecule is COc1ccc(C2C(=C(O)c3ccc4c(c3)CC(C)O4)C(=O)C(=O)N2c2nc3ccc(Cl)cc3s2)cc1. The minimum absolute atomic E-state index is 0.000584. The van der Waals surface area contributed by atoms with Crippen LogP contribution < -0.4 is 14.4 Å². The summed E-state index contributed by atoms with van der Waals surface area (Å²) >= 11 is 7.42. The minimum atomic E-state index is -0.884. The summed E-state index contributed by atoms with van der Waals surface area (Å²) in [5.41, 5.74) is 2.68. The highest BCUT2D eigenvalue weighted by atomic mass is 35.5. The van der Waals surface area contributed by atoms with Gasteiger partial charge >= 0.3 is 5.91 Å². The first-order valence-corrected chi connectivity index (χ1v) is 12.8. The maximum atomic E-state index is 13.5. The third kappa shape index (κ3) is 3.93. The van der Waals surface area contributed by atoms with Crippen molar-refractivity contribution in [2.75, 3.05) is 12.0 Å². The summed E-state index contributed by atoms with van der Waals surface area (Å²) in [5, 5.41) is 12.3. The van der Waals surface area contributed by atoms with Crippen molar-refractivity contribution in [2.45, 2.75) is 25.5 Å². The van der Waals surface area contributed by atoms with Crippen LogP contribution in [-0.2, 0) is 16.0 Å². The van der Waals surface area contributed by atoms with Crippen LogP contribution in [-0.4, -0.2) is 35.0 Å². The number of carbonyl (C=O) groups excluding carboxylic acids is 2. The van der Waals surface area contributed by atoms with Gasteiger partial charge in [0.15, 0.2) is 5.13 Å². The Morgan fingerprint density at radius 1 is 1.14 bits per heavy atom. The average molecular weight is 533 g/mol. The van der Waals surface area contributed by atoms with Crippen LogP contribution in [0.5, 0.6) is 11.5 Å². The molecule has 2 aliphatic heterocycles. The quantitative estimate of drug-likeness (QED) is 0.200. The molecule has 1 fully saturated rings. The van der Waals surface area contributed by atoms with Crippen molar-refractivity contribution in [3.8, 4) is 11.5 Å². The Labute approximate surface area is 221 Å². The molecule has 4 aromatic rings. The molecule has 2 aliphatic rings. The Kier molecular flexibility index (Phi) is 5.66. The number of ketones is 1. The van der Waals surface area contributed by atoms with E-state index in [0.29, 0.717) is 39.0 Å². The molecular weight excluding hydrogens is 512 g/mol. The molecule has 1 amide bonds. The van der Waals surface area contributed by atoms with E-state index in [4.69, 9.17) is 21.1 Å². The molecule has 9 heteroatoms. The number of aliphatic hydroxyl groups is 1. The molecule has 3 heterocycles. The zero-order valence-corrected chi connectivity index (χ0v) is 21.5. The average Bonchev–Trinajstić information content (AvgIpc) is 3.55. The summed E-state index contributed by atoms with van der Waals surface area (Å²) in [6.45, 7) is 1.97. The summed E-state index contributed by atoms with van der Waals surface area (Å²) in [6.07, 6.45) is 0.728. The number of methoxy groups -OCH3 is 1. The Hall–Kier alpha value is -3.88. The molecule has 186 valence electrons. The van der Waals surface area contributed by atoms with E-state index in [0.717, 1.165) is 16.0 Å². The fraction of sp³-hybridized carbons (Fsp3) is 0.179. The van der Waals surface area contributed by atoms with Gasteiger partial charge in [-0.25, -0.2) is 4.98 Å². The number of amides is 1. The number of anilines is 1. The van der Waals surface area contributed by atoms with Gasteiger partial charge in [-0.15, -0.1) is 0 Å². The number of hydrogen-bond donors (Lipinski definition) is 1. The Morgan fingerprint density at radius 3 is 2.68 bits per heavy atom. The maximum Gasteiger partial charge on any atom is 0.301 e. The number of aliphatic hydroxyl groups excluding tert-OH is 1. The molecule has 7 nitrogen and oxygen atoms in total. The molecule has 6 rings (SSSR count). The molecule has 0 aliphatic carbocycles. The van der Waals surface area contributed by atoms with Crippen LogP contribution in [0.15, 0.2) is 66.2 Å². The van der Waals surface area contributed by atoms with E-state index < -0.39 is 17.7 Å². The number of aromatic nitrogens is 1. The molecule has 3 aromatic carbocycles. The van der Waals surface area contributed by atoms with Crippen molar-refractivity contribution >= 4 is 55.7 Å². The van der Waals surface area contributed by atoms with Crippen molar-refractivity contribution in [1.82, 2.24) is 4.98 Å². The van der Waals surface area contributed by atoms with Crippen LogP contribution in [0.3, 0.4) is 0 Å². The zero-order chi connectivity index (χ0) is 25.8. The van der Waals surface area contributed by atoms with Crippen LogP contribution >= 0.6 is 22.9 Å². The largest absolute Gasteiger partial charge is 0.507 e. The van der Waals surface area contributed by atoms with E-state index in [1.165, 1.54) is 16.2 Å². The third-order valence-electron chi connectivity index (χ3n) is 6.59. The summed E-state index contributed by atoms with van der Waals surface area (Å²) in [6, 6.07) is 16.7. The molecule has 0 saturated carbocycles. The number of Topliss-reactive ketones (excluding diaryl/α,β-unsaturated/α-hetero) is 1. The predicted octanol–water partition coefficient (Wildman–Crippen LogP) is 5.91. The van der Waals surface area contributed by atoms with Crippen molar-refractivity contribution in [1.29, 1.82) is 0 Å². The lowest BCUT2D eigenvalue weighted by molar-refractivity contribution is -0.132. The van der Waals surface area contributed by atoms with E-state index >= 15 is 0 Å². The number of hydrogen-bond acceptors (Lipinski definition) is 7. The number of fused-ring (bicyclic) bond motifs is 2. The summed E-state index contributed by atoms with van der Waals surface area (Å²) < 4.78 is 11.8. The molecule has 0 radical (unpaired) electrons. The van der Waals surface area contributed by atoms with Gasteiger partial charge in [0.2, 0.25) is 0 Å². The fourth-order valence-corrected chi connectivity index (χ4v) is 6.11. The van der Waals surface area contributed by atoms with Crippen molar-refractivity contribution in [3.05, 3.63) is 87.9 Å². The van der Waals surface area contributed by atoms with Gasteiger partial charge in [0.1, 0.15) is 23.4 Å². The lowest BCUT2D eigenvalue weighted by atomic mass is 9.94. The van der Waals surface area contributed by atoms with Crippen molar-refractivity contribution in [3.63, 3.8) is 0 Å². The number of nitrogens with zero attached hydrogens (tertiary/aromatic N) is 2. The molecule has 37 heavy (non-hydrogen) atoms. The third-order valence-corrected chi connectivity index (χ3v) is 7.84.